The van der Waals surface area contributed by atoms with Crippen LogP contribution in [-0.2, 0) is 13.8 Å². The van der Waals surface area contributed by atoms with Gasteiger partial charge < -0.3 is 5.32 Å². The molecular formula is C4H5ClF3NO3S. The lowest BCUT2D eigenvalue weighted by molar-refractivity contribution is -0.173. The highest BCUT2D eigenvalue weighted by molar-refractivity contribution is 8.14. The molecular weight excluding hydrogens is 235 g/mol. The minimum absolute atomic E-state index is 0.825. The van der Waals surface area contributed by atoms with Gasteiger partial charge in [0.25, 0.3) is 9.05 Å². The second-order valence-electron chi connectivity index (χ2n) is 2.09. The highest BCUT2D eigenvalue weighted by atomic mass is 35.7. The molecule has 1 N–H and O–H groups in total. The van der Waals surface area contributed by atoms with Gasteiger partial charge in [-0.15, -0.1) is 0 Å². The molecule has 0 aliphatic heterocycles. The molecule has 0 rings (SSSR count). The average molecular weight is 240 g/mol. The van der Waals surface area contributed by atoms with Crippen molar-refractivity contribution in [2.45, 2.75) is 18.5 Å². The predicted octanol–water partition coefficient (Wildman–Crippen LogP) is 0.579. The lowest BCUT2D eigenvalue weighted by Gasteiger charge is -2.11. The number of amides is 1. The van der Waals surface area contributed by atoms with Crippen LogP contribution in [0.1, 0.15) is 6.92 Å². The standard InChI is InChI=1S/C4H5ClF3NO3S/c1-2(13(5,11)12)9-3(10)4(6,7)8/h2H,1H3,(H,9,10). The molecule has 0 bridgehead atoms. The van der Waals surface area contributed by atoms with Crippen LogP contribution in [0.5, 0.6) is 0 Å². The normalized spacial score (nSPS) is 15.2. The SMILES string of the molecule is CC(NC(=O)C(F)(F)F)S(=O)(=O)Cl. The van der Waals surface area contributed by atoms with Crippen LogP contribution in [0.3, 0.4) is 0 Å². The molecule has 0 aromatic rings. The molecule has 4 nitrogen and oxygen atoms in total. The summed E-state index contributed by atoms with van der Waals surface area (Å²) in [5, 5.41) is -0.599. The first-order chi connectivity index (χ1) is 5.55. The van der Waals surface area contributed by atoms with Gasteiger partial charge in [0.2, 0.25) is 0 Å². The third kappa shape index (κ3) is 4.32. The molecule has 1 amide bonds. The summed E-state index contributed by atoms with van der Waals surface area (Å²) in [6.45, 7) is 0.825. The van der Waals surface area contributed by atoms with Gasteiger partial charge in [0.1, 0.15) is 5.37 Å². The van der Waals surface area contributed by atoms with E-state index >= 15 is 0 Å². The van der Waals surface area contributed by atoms with Gasteiger partial charge in [-0.2, -0.15) is 13.2 Å². The van der Waals surface area contributed by atoms with E-state index in [0.29, 0.717) is 0 Å². The van der Waals surface area contributed by atoms with Crippen LogP contribution in [0.25, 0.3) is 0 Å². The number of nitrogens with one attached hydrogen (secondary N) is 1. The number of halogens is 4. The number of rotatable bonds is 2. The summed E-state index contributed by atoms with van der Waals surface area (Å²) < 4.78 is 55.4. The van der Waals surface area contributed by atoms with Crippen molar-refractivity contribution in [3.05, 3.63) is 0 Å². The van der Waals surface area contributed by atoms with Crippen LogP contribution in [0, 0.1) is 0 Å². The molecule has 0 saturated carbocycles. The van der Waals surface area contributed by atoms with E-state index < -0.39 is 26.5 Å². The molecule has 0 radical (unpaired) electrons. The van der Waals surface area contributed by atoms with Gasteiger partial charge in [-0.05, 0) is 6.92 Å². The Morgan fingerprint density at radius 3 is 2.08 bits per heavy atom. The van der Waals surface area contributed by atoms with Gasteiger partial charge in [0.15, 0.2) is 0 Å². The van der Waals surface area contributed by atoms with Crippen LogP contribution in [0.15, 0.2) is 0 Å². The Bertz CT molecular complexity index is 298. The fraction of sp³-hybridized carbons (Fsp3) is 0.750. The summed E-state index contributed by atoms with van der Waals surface area (Å²) in [6.07, 6.45) is -5.12. The van der Waals surface area contributed by atoms with E-state index in [2.05, 4.69) is 10.7 Å². The molecule has 0 fully saturated rings. The van der Waals surface area contributed by atoms with Crippen molar-refractivity contribution in [1.29, 1.82) is 0 Å². The van der Waals surface area contributed by atoms with E-state index in [0.717, 1.165) is 6.92 Å². The van der Waals surface area contributed by atoms with Crippen molar-refractivity contribution in [2.75, 3.05) is 0 Å². The van der Waals surface area contributed by atoms with Crippen LogP contribution in [0.4, 0.5) is 13.2 Å². The maximum atomic E-state index is 11.5. The number of carbonyl (C=O) groups excluding carboxylic acids is 1. The quantitative estimate of drug-likeness (QED) is 0.717. The minimum Gasteiger partial charge on any atom is -0.331 e. The highest BCUT2D eigenvalue weighted by Crippen LogP contribution is 2.15. The number of hydrogen-bond donors (Lipinski definition) is 1. The summed E-state index contributed by atoms with van der Waals surface area (Å²) in [4.78, 5) is 10.2. The lowest BCUT2D eigenvalue weighted by atomic mass is 10.5. The van der Waals surface area contributed by atoms with E-state index in [4.69, 9.17) is 0 Å². The maximum absolute atomic E-state index is 11.5. The molecule has 0 heterocycles. The molecule has 0 aliphatic carbocycles. The number of hydrogen-bond acceptors (Lipinski definition) is 3. The van der Waals surface area contributed by atoms with Crippen LogP contribution >= 0.6 is 10.7 Å². The van der Waals surface area contributed by atoms with E-state index in [1.807, 2.05) is 0 Å². The zero-order valence-electron chi connectivity index (χ0n) is 6.22. The predicted molar refractivity (Wildman–Crippen MR) is 38.4 cm³/mol. The number of carbonyl (C=O) groups is 1. The van der Waals surface area contributed by atoms with Crippen molar-refractivity contribution in [3.8, 4) is 0 Å². The summed E-state index contributed by atoms with van der Waals surface area (Å²) in [7, 11) is 0.450. The van der Waals surface area contributed by atoms with E-state index in [1.165, 1.54) is 5.32 Å². The second kappa shape index (κ2) is 3.70. The highest BCUT2D eigenvalue weighted by Gasteiger charge is 2.40. The first-order valence-corrected chi connectivity index (χ1v) is 5.23. The molecule has 1 unspecified atom stereocenters. The molecule has 0 aromatic carbocycles. The molecule has 13 heavy (non-hydrogen) atoms. The fourth-order valence-electron chi connectivity index (χ4n) is 0.337. The Morgan fingerprint density at radius 1 is 1.46 bits per heavy atom. The van der Waals surface area contributed by atoms with Gasteiger partial charge in [0.05, 0.1) is 0 Å². The number of alkyl halides is 3. The van der Waals surface area contributed by atoms with Crippen LogP contribution in [-0.4, -0.2) is 25.9 Å². The monoisotopic (exact) mass is 239 g/mol. The Balaban J connectivity index is 4.42. The van der Waals surface area contributed by atoms with Crippen molar-refractivity contribution >= 4 is 25.6 Å². The van der Waals surface area contributed by atoms with Gasteiger partial charge in [-0.25, -0.2) is 8.42 Å². The summed E-state index contributed by atoms with van der Waals surface area (Å²) in [5.41, 5.74) is 0. The maximum Gasteiger partial charge on any atom is 0.471 e. The zero-order chi connectivity index (χ0) is 10.9. The molecule has 78 valence electrons. The van der Waals surface area contributed by atoms with E-state index in [1.54, 1.807) is 0 Å². The largest absolute Gasteiger partial charge is 0.471 e. The molecule has 0 aromatic heterocycles. The van der Waals surface area contributed by atoms with E-state index in [-0.39, 0.29) is 0 Å². The summed E-state index contributed by atoms with van der Waals surface area (Å²) in [5.74, 6) is -2.34. The first kappa shape index (κ1) is 12.5. The first-order valence-electron chi connectivity index (χ1n) is 2.86. The minimum atomic E-state index is -5.12. The Labute approximate surface area is 76.5 Å². The topological polar surface area (TPSA) is 63.2 Å². The zero-order valence-corrected chi connectivity index (χ0v) is 7.79. The van der Waals surface area contributed by atoms with Gasteiger partial charge in [-0.3, -0.25) is 4.79 Å². The van der Waals surface area contributed by atoms with Crippen molar-refractivity contribution in [2.24, 2.45) is 0 Å². The molecule has 1 atom stereocenters. The third-order valence-corrected chi connectivity index (χ3v) is 2.78. The Kier molecular flexibility index (Phi) is 3.56. The smallest absolute Gasteiger partial charge is 0.331 e. The Morgan fingerprint density at radius 2 is 1.85 bits per heavy atom. The molecule has 0 aliphatic rings. The van der Waals surface area contributed by atoms with Crippen molar-refractivity contribution in [3.63, 3.8) is 0 Å². The van der Waals surface area contributed by atoms with Crippen LogP contribution < -0.4 is 5.32 Å². The van der Waals surface area contributed by atoms with Gasteiger partial charge >= 0.3 is 12.1 Å². The third-order valence-electron chi connectivity index (χ3n) is 1.01. The fourth-order valence-corrected chi connectivity index (χ4v) is 0.718. The lowest BCUT2D eigenvalue weighted by Crippen LogP contribution is -2.43. The van der Waals surface area contributed by atoms with Crippen molar-refractivity contribution in [1.82, 2.24) is 5.32 Å². The van der Waals surface area contributed by atoms with Crippen LogP contribution in [0.2, 0.25) is 0 Å². The van der Waals surface area contributed by atoms with Crippen molar-refractivity contribution < 1.29 is 26.4 Å². The van der Waals surface area contributed by atoms with Gasteiger partial charge in [0, 0.05) is 10.7 Å². The molecule has 0 spiro atoms. The van der Waals surface area contributed by atoms with E-state index in [9.17, 15) is 26.4 Å². The average Bonchev–Trinajstić information content (AvgIpc) is 1.82. The molecule has 0 saturated heterocycles. The Hall–Kier alpha value is -0.500. The second-order valence-corrected chi connectivity index (χ2v) is 5.04. The summed E-state index contributed by atoms with van der Waals surface area (Å²) >= 11 is 0. The summed E-state index contributed by atoms with van der Waals surface area (Å²) in [6, 6.07) is 0. The molecule has 9 heteroatoms. The van der Waals surface area contributed by atoms with Gasteiger partial charge in [-0.1, -0.05) is 0 Å².